The summed E-state index contributed by atoms with van der Waals surface area (Å²) in [6.45, 7) is 4.88. The van der Waals surface area contributed by atoms with Crippen molar-refractivity contribution < 1.29 is 9.90 Å². The van der Waals surface area contributed by atoms with Crippen LogP contribution in [0.4, 0.5) is 0 Å². The van der Waals surface area contributed by atoms with Crippen molar-refractivity contribution in [1.82, 2.24) is 15.1 Å². The number of hydrogen-bond acceptors (Lipinski definition) is 4. The highest BCUT2D eigenvalue weighted by Crippen LogP contribution is 2.25. The summed E-state index contributed by atoms with van der Waals surface area (Å²) in [7, 11) is 4.28. The minimum atomic E-state index is -0.764. The SMILES string of the molecule is CN(C)C1CCN(CCC(C)(NC2CC2)C(=O)O)CC1. The minimum Gasteiger partial charge on any atom is -0.480 e. The number of carbonyl (C=O) groups is 1. The Labute approximate surface area is 122 Å². The lowest BCUT2D eigenvalue weighted by Crippen LogP contribution is -2.53. The van der Waals surface area contributed by atoms with Crippen LogP contribution >= 0.6 is 0 Å². The fourth-order valence-corrected chi connectivity index (χ4v) is 2.96. The van der Waals surface area contributed by atoms with Gasteiger partial charge < -0.3 is 14.9 Å². The number of nitrogens with zero attached hydrogens (tertiary/aromatic N) is 2. The third-order valence-electron chi connectivity index (χ3n) is 4.79. The molecule has 1 atom stereocenters. The van der Waals surface area contributed by atoms with Crippen molar-refractivity contribution >= 4 is 5.97 Å². The summed E-state index contributed by atoms with van der Waals surface area (Å²) in [5.74, 6) is -0.715. The zero-order valence-corrected chi connectivity index (χ0v) is 13.1. The molecule has 0 radical (unpaired) electrons. The largest absolute Gasteiger partial charge is 0.480 e. The Balaban J connectivity index is 1.77. The zero-order chi connectivity index (χ0) is 14.8. The molecule has 5 heteroatoms. The molecular weight excluding hydrogens is 254 g/mol. The van der Waals surface area contributed by atoms with Gasteiger partial charge >= 0.3 is 5.97 Å². The maximum absolute atomic E-state index is 11.5. The first kappa shape index (κ1) is 15.7. The van der Waals surface area contributed by atoms with Crippen molar-refractivity contribution in [2.24, 2.45) is 0 Å². The average Bonchev–Trinajstić information content (AvgIpc) is 3.20. The smallest absolute Gasteiger partial charge is 0.323 e. The van der Waals surface area contributed by atoms with Crippen LogP contribution in [-0.2, 0) is 4.79 Å². The molecule has 20 heavy (non-hydrogen) atoms. The fourth-order valence-electron chi connectivity index (χ4n) is 2.96. The maximum Gasteiger partial charge on any atom is 0.323 e. The molecule has 116 valence electrons. The fraction of sp³-hybridized carbons (Fsp3) is 0.933. The Bertz CT molecular complexity index is 336. The molecule has 1 unspecified atom stereocenters. The molecule has 0 aromatic heterocycles. The number of nitrogens with one attached hydrogen (secondary N) is 1. The van der Waals surface area contributed by atoms with E-state index < -0.39 is 11.5 Å². The van der Waals surface area contributed by atoms with Gasteiger partial charge in [0, 0.05) is 18.6 Å². The van der Waals surface area contributed by atoms with Crippen LogP contribution in [0.25, 0.3) is 0 Å². The lowest BCUT2D eigenvalue weighted by Gasteiger charge is -2.37. The lowest BCUT2D eigenvalue weighted by molar-refractivity contribution is -0.144. The van der Waals surface area contributed by atoms with E-state index in [-0.39, 0.29) is 0 Å². The number of likely N-dealkylation sites (tertiary alicyclic amines) is 1. The number of carboxylic acids is 1. The standard InChI is InChI=1S/C15H29N3O2/c1-15(14(19)20,16-12-4-5-12)8-11-18-9-6-13(7-10-18)17(2)3/h12-13,16H,4-11H2,1-3H3,(H,19,20). The van der Waals surface area contributed by atoms with Gasteiger partial charge in [0.25, 0.3) is 0 Å². The molecule has 5 nitrogen and oxygen atoms in total. The van der Waals surface area contributed by atoms with Crippen LogP contribution in [0.2, 0.25) is 0 Å². The zero-order valence-electron chi connectivity index (χ0n) is 13.1. The first-order chi connectivity index (χ1) is 9.40. The van der Waals surface area contributed by atoms with Gasteiger partial charge in [0.15, 0.2) is 0 Å². The van der Waals surface area contributed by atoms with Gasteiger partial charge in [0.1, 0.15) is 5.54 Å². The summed E-state index contributed by atoms with van der Waals surface area (Å²) < 4.78 is 0. The van der Waals surface area contributed by atoms with E-state index in [1.165, 1.54) is 12.8 Å². The topological polar surface area (TPSA) is 55.8 Å². The summed E-state index contributed by atoms with van der Waals surface area (Å²) in [6.07, 6.45) is 5.30. The second-order valence-electron chi connectivity index (χ2n) is 6.84. The van der Waals surface area contributed by atoms with E-state index in [1.54, 1.807) is 0 Å². The minimum absolute atomic E-state index is 0.426. The molecule has 0 bridgehead atoms. The second kappa shape index (κ2) is 6.41. The molecule has 1 saturated heterocycles. The monoisotopic (exact) mass is 283 g/mol. The molecule has 2 aliphatic rings. The second-order valence-corrected chi connectivity index (χ2v) is 6.84. The Morgan fingerprint density at radius 1 is 1.30 bits per heavy atom. The Hall–Kier alpha value is -0.650. The van der Waals surface area contributed by atoms with Crippen LogP contribution in [-0.4, -0.2) is 72.2 Å². The van der Waals surface area contributed by atoms with E-state index in [4.69, 9.17) is 0 Å². The number of rotatable bonds is 7. The van der Waals surface area contributed by atoms with Crippen LogP contribution < -0.4 is 5.32 Å². The summed E-state index contributed by atoms with van der Waals surface area (Å²) in [6, 6.07) is 1.11. The summed E-state index contributed by atoms with van der Waals surface area (Å²) in [5, 5.41) is 12.8. The van der Waals surface area contributed by atoms with Gasteiger partial charge in [-0.15, -0.1) is 0 Å². The molecule has 1 heterocycles. The van der Waals surface area contributed by atoms with E-state index in [2.05, 4.69) is 29.2 Å². The van der Waals surface area contributed by atoms with Crippen molar-refractivity contribution in [2.45, 2.75) is 56.7 Å². The number of aliphatic carboxylic acids is 1. The summed E-state index contributed by atoms with van der Waals surface area (Å²) in [5.41, 5.74) is -0.764. The van der Waals surface area contributed by atoms with Crippen molar-refractivity contribution in [3.8, 4) is 0 Å². The van der Waals surface area contributed by atoms with Crippen molar-refractivity contribution in [3.05, 3.63) is 0 Å². The molecule has 2 fully saturated rings. The predicted octanol–water partition coefficient (Wildman–Crippen LogP) is 0.998. The third-order valence-corrected chi connectivity index (χ3v) is 4.79. The Kier molecular flexibility index (Phi) is 5.04. The molecular formula is C15H29N3O2. The van der Waals surface area contributed by atoms with E-state index in [1.807, 2.05) is 6.92 Å². The van der Waals surface area contributed by atoms with Gasteiger partial charge in [-0.2, -0.15) is 0 Å². The van der Waals surface area contributed by atoms with Gasteiger partial charge in [-0.1, -0.05) is 0 Å². The molecule has 0 aromatic rings. The Morgan fingerprint density at radius 2 is 1.90 bits per heavy atom. The van der Waals surface area contributed by atoms with Gasteiger partial charge in [-0.05, 0) is 66.2 Å². The highest BCUT2D eigenvalue weighted by Gasteiger charge is 2.38. The molecule has 1 aliphatic carbocycles. The van der Waals surface area contributed by atoms with E-state index in [0.29, 0.717) is 18.5 Å². The molecule has 0 spiro atoms. The lowest BCUT2D eigenvalue weighted by atomic mass is 9.96. The average molecular weight is 283 g/mol. The number of carboxylic acid groups (broad SMARTS) is 1. The Morgan fingerprint density at radius 3 is 2.35 bits per heavy atom. The van der Waals surface area contributed by atoms with Crippen LogP contribution in [0.3, 0.4) is 0 Å². The van der Waals surface area contributed by atoms with Crippen LogP contribution in [0.1, 0.15) is 39.0 Å². The first-order valence-corrected chi connectivity index (χ1v) is 7.80. The van der Waals surface area contributed by atoms with Crippen LogP contribution in [0.15, 0.2) is 0 Å². The van der Waals surface area contributed by atoms with E-state index in [0.717, 1.165) is 32.5 Å². The third kappa shape index (κ3) is 4.17. The van der Waals surface area contributed by atoms with Crippen molar-refractivity contribution in [1.29, 1.82) is 0 Å². The molecule has 0 amide bonds. The molecule has 1 aliphatic heterocycles. The van der Waals surface area contributed by atoms with Crippen LogP contribution in [0, 0.1) is 0 Å². The molecule has 1 saturated carbocycles. The van der Waals surface area contributed by atoms with Crippen LogP contribution in [0.5, 0.6) is 0 Å². The van der Waals surface area contributed by atoms with Crippen molar-refractivity contribution in [2.75, 3.05) is 33.7 Å². The molecule has 0 aromatic carbocycles. The van der Waals surface area contributed by atoms with Gasteiger partial charge in [0.05, 0.1) is 0 Å². The van der Waals surface area contributed by atoms with Crippen molar-refractivity contribution in [3.63, 3.8) is 0 Å². The highest BCUT2D eigenvalue weighted by molar-refractivity contribution is 5.78. The number of hydrogen-bond donors (Lipinski definition) is 2. The van der Waals surface area contributed by atoms with Gasteiger partial charge in [-0.3, -0.25) is 10.1 Å². The first-order valence-electron chi connectivity index (χ1n) is 7.80. The quantitative estimate of drug-likeness (QED) is 0.730. The van der Waals surface area contributed by atoms with Gasteiger partial charge in [-0.25, -0.2) is 0 Å². The normalized spacial score (nSPS) is 24.8. The van der Waals surface area contributed by atoms with E-state index in [9.17, 15) is 9.90 Å². The molecule has 2 rings (SSSR count). The highest BCUT2D eigenvalue weighted by atomic mass is 16.4. The summed E-state index contributed by atoms with van der Waals surface area (Å²) in [4.78, 5) is 16.2. The molecule has 2 N–H and O–H groups in total. The number of piperidine rings is 1. The summed E-state index contributed by atoms with van der Waals surface area (Å²) >= 11 is 0. The predicted molar refractivity (Wildman–Crippen MR) is 80.0 cm³/mol. The van der Waals surface area contributed by atoms with E-state index >= 15 is 0 Å². The van der Waals surface area contributed by atoms with Gasteiger partial charge in [0.2, 0.25) is 0 Å². The maximum atomic E-state index is 11.5.